The summed E-state index contributed by atoms with van der Waals surface area (Å²) in [7, 11) is 0. The minimum Gasteiger partial charge on any atom is -0.336 e. The lowest BCUT2D eigenvalue weighted by atomic mass is 10.0. The number of para-hydroxylation sites is 1. The first-order chi connectivity index (χ1) is 16.5. The fourth-order valence-electron chi connectivity index (χ4n) is 4.44. The molecule has 0 saturated heterocycles. The van der Waals surface area contributed by atoms with E-state index < -0.39 is 11.8 Å². The average Bonchev–Trinajstić information content (AvgIpc) is 3.37. The third-order valence-corrected chi connectivity index (χ3v) is 5.97. The number of nitrogens with one attached hydrogen (secondary N) is 1. The maximum absolute atomic E-state index is 13.7. The predicted octanol–water partition coefficient (Wildman–Crippen LogP) is 3.86. The maximum atomic E-state index is 13.7. The minimum absolute atomic E-state index is 0.194. The number of nitrogens with zero attached hydrogens (tertiary/aromatic N) is 3. The highest BCUT2D eigenvalue weighted by Crippen LogP contribution is 2.40. The number of amides is 3. The van der Waals surface area contributed by atoms with E-state index in [-0.39, 0.29) is 5.91 Å². The number of hydrogen-bond donors (Lipinski definition) is 1. The van der Waals surface area contributed by atoms with Crippen LogP contribution >= 0.6 is 0 Å². The van der Waals surface area contributed by atoms with Crippen LogP contribution in [-0.4, -0.2) is 24.3 Å². The lowest BCUT2D eigenvalue weighted by Gasteiger charge is -2.22. The highest BCUT2D eigenvalue weighted by molar-refractivity contribution is 6.46. The highest BCUT2D eigenvalue weighted by Gasteiger charge is 2.44. The first kappa shape index (κ1) is 21.2. The molecule has 0 aliphatic carbocycles. The van der Waals surface area contributed by atoms with Crippen molar-refractivity contribution in [2.24, 2.45) is 0 Å². The van der Waals surface area contributed by atoms with Gasteiger partial charge in [-0.15, -0.1) is 0 Å². The molecule has 34 heavy (non-hydrogen) atoms. The van der Waals surface area contributed by atoms with Gasteiger partial charge in [-0.2, -0.15) is 5.26 Å². The van der Waals surface area contributed by atoms with E-state index in [1.54, 1.807) is 48.5 Å². The Hall–Kier alpha value is -4.70. The molecule has 0 saturated carbocycles. The SMILES string of the molecule is CC(=O)Nc1ccc(C2=C(N3CCc4ccccc43)C(=O)N(c3ccc(C#N)cc3)C2=O)cc1. The van der Waals surface area contributed by atoms with Crippen molar-refractivity contribution in [3.8, 4) is 6.07 Å². The number of imide groups is 1. The van der Waals surface area contributed by atoms with Crippen LogP contribution in [0.2, 0.25) is 0 Å². The van der Waals surface area contributed by atoms with Crippen LogP contribution in [0.25, 0.3) is 5.57 Å². The van der Waals surface area contributed by atoms with Crippen LogP contribution in [-0.2, 0) is 20.8 Å². The second-order valence-electron chi connectivity index (χ2n) is 8.12. The monoisotopic (exact) mass is 448 g/mol. The van der Waals surface area contributed by atoms with E-state index in [4.69, 9.17) is 5.26 Å². The third-order valence-electron chi connectivity index (χ3n) is 5.97. The molecule has 0 atom stereocenters. The molecule has 0 aromatic heterocycles. The Morgan fingerprint density at radius 3 is 2.32 bits per heavy atom. The van der Waals surface area contributed by atoms with Crippen LogP contribution in [0.5, 0.6) is 0 Å². The van der Waals surface area contributed by atoms with Gasteiger partial charge >= 0.3 is 0 Å². The number of hydrogen-bond acceptors (Lipinski definition) is 5. The smallest absolute Gasteiger partial charge is 0.282 e. The molecule has 0 bridgehead atoms. The zero-order chi connectivity index (χ0) is 23.8. The number of rotatable bonds is 4. The molecule has 3 aromatic rings. The summed E-state index contributed by atoms with van der Waals surface area (Å²) >= 11 is 0. The van der Waals surface area contributed by atoms with Gasteiger partial charge in [0.1, 0.15) is 5.70 Å². The van der Waals surface area contributed by atoms with Gasteiger partial charge in [-0.3, -0.25) is 14.4 Å². The normalized spacial score (nSPS) is 14.9. The largest absolute Gasteiger partial charge is 0.336 e. The first-order valence-electron chi connectivity index (χ1n) is 10.8. The van der Waals surface area contributed by atoms with Crippen molar-refractivity contribution in [1.82, 2.24) is 0 Å². The van der Waals surface area contributed by atoms with E-state index >= 15 is 0 Å². The van der Waals surface area contributed by atoms with Crippen molar-refractivity contribution in [2.75, 3.05) is 21.7 Å². The van der Waals surface area contributed by atoms with Gasteiger partial charge in [-0.05, 0) is 60.0 Å². The molecule has 0 spiro atoms. The third kappa shape index (κ3) is 3.51. The summed E-state index contributed by atoms with van der Waals surface area (Å²) in [6.45, 7) is 2.01. The molecule has 2 aliphatic rings. The fraction of sp³-hybridized carbons (Fsp3) is 0.111. The molecule has 2 aliphatic heterocycles. The fourth-order valence-corrected chi connectivity index (χ4v) is 4.44. The number of benzene rings is 3. The number of fused-ring (bicyclic) bond motifs is 1. The summed E-state index contributed by atoms with van der Waals surface area (Å²) in [5.74, 6) is -1.03. The average molecular weight is 448 g/mol. The first-order valence-corrected chi connectivity index (χ1v) is 10.8. The summed E-state index contributed by atoms with van der Waals surface area (Å²) < 4.78 is 0. The predicted molar refractivity (Wildman–Crippen MR) is 129 cm³/mol. The second-order valence-corrected chi connectivity index (χ2v) is 8.12. The van der Waals surface area contributed by atoms with Crippen molar-refractivity contribution >= 4 is 40.4 Å². The number of carbonyl (C=O) groups is 3. The molecule has 3 aromatic carbocycles. The Bertz CT molecular complexity index is 1400. The Labute approximate surface area is 196 Å². The van der Waals surface area contributed by atoms with Crippen LogP contribution < -0.4 is 15.1 Å². The lowest BCUT2D eigenvalue weighted by Crippen LogP contribution is -2.34. The number of anilines is 3. The highest BCUT2D eigenvalue weighted by atomic mass is 16.2. The molecule has 1 N–H and O–H groups in total. The number of nitriles is 1. The van der Waals surface area contributed by atoms with E-state index in [9.17, 15) is 14.4 Å². The topological polar surface area (TPSA) is 93.5 Å². The Balaban J connectivity index is 1.63. The molecule has 3 amide bonds. The van der Waals surface area contributed by atoms with Crippen molar-refractivity contribution < 1.29 is 14.4 Å². The van der Waals surface area contributed by atoms with E-state index in [1.807, 2.05) is 35.2 Å². The van der Waals surface area contributed by atoms with Crippen molar-refractivity contribution in [3.05, 3.63) is 95.2 Å². The van der Waals surface area contributed by atoms with Gasteiger partial charge in [0.2, 0.25) is 5.91 Å². The van der Waals surface area contributed by atoms with Gasteiger partial charge in [-0.25, -0.2) is 4.90 Å². The van der Waals surface area contributed by atoms with E-state index in [1.165, 1.54) is 6.92 Å². The molecule has 0 unspecified atom stereocenters. The van der Waals surface area contributed by atoms with Crippen LogP contribution in [0, 0.1) is 11.3 Å². The summed E-state index contributed by atoms with van der Waals surface area (Å²) in [4.78, 5) is 41.9. The van der Waals surface area contributed by atoms with Crippen LogP contribution in [0.4, 0.5) is 17.1 Å². The van der Waals surface area contributed by atoms with Crippen molar-refractivity contribution in [1.29, 1.82) is 5.26 Å². The molecule has 2 heterocycles. The van der Waals surface area contributed by atoms with Gasteiger partial charge in [-0.1, -0.05) is 30.3 Å². The van der Waals surface area contributed by atoms with Crippen LogP contribution in [0.3, 0.4) is 0 Å². The van der Waals surface area contributed by atoms with E-state index in [0.717, 1.165) is 22.6 Å². The Morgan fingerprint density at radius 1 is 0.941 bits per heavy atom. The maximum Gasteiger partial charge on any atom is 0.282 e. The standard InChI is InChI=1S/C27H20N4O3/c1-17(32)29-21-10-8-20(9-11-21)24-25(30-15-14-19-4-2-3-5-23(19)30)27(34)31(26(24)33)22-12-6-18(16-28)7-13-22/h2-13H,14-15H2,1H3,(H,29,32). The van der Waals surface area contributed by atoms with Gasteiger partial charge in [0.25, 0.3) is 11.8 Å². The molecule has 0 radical (unpaired) electrons. The van der Waals surface area contributed by atoms with Crippen LogP contribution in [0.1, 0.15) is 23.6 Å². The molecule has 166 valence electrons. The Morgan fingerprint density at radius 2 is 1.65 bits per heavy atom. The molecular formula is C27H20N4O3. The van der Waals surface area contributed by atoms with Gasteiger partial charge in [0.15, 0.2) is 0 Å². The summed E-state index contributed by atoms with van der Waals surface area (Å²) in [5, 5.41) is 11.8. The summed E-state index contributed by atoms with van der Waals surface area (Å²) in [6.07, 6.45) is 0.771. The molecular weight excluding hydrogens is 428 g/mol. The summed E-state index contributed by atoms with van der Waals surface area (Å²) in [5.41, 5.74) is 4.70. The number of carbonyl (C=O) groups excluding carboxylic acids is 3. The lowest BCUT2D eigenvalue weighted by molar-refractivity contribution is -0.120. The molecule has 5 rings (SSSR count). The summed E-state index contributed by atoms with van der Waals surface area (Å²) in [6, 6.07) is 23.2. The van der Waals surface area contributed by atoms with Crippen LogP contribution in [0.15, 0.2) is 78.5 Å². The van der Waals surface area contributed by atoms with E-state index in [2.05, 4.69) is 5.32 Å². The molecule has 0 fully saturated rings. The second kappa shape index (κ2) is 8.34. The van der Waals surface area contributed by atoms with Crippen molar-refractivity contribution in [3.63, 3.8) is 0 Å². The Kier molecular flexibility index (Phi) is 5.19. The van der Waals surface area contributed by atoms with Gasteiger partial charge in [0.05, 0.1) is 22.9 Å². The molecule has 7 heteroatoms. The van der Waals surface area contributed by atoms with Crippen molar-refractivity contribution in [2.45, 2.75) is 13.3 Å². The zero-order valence-corrected chi connectivity index (χ0v) is 18.4. The quantitative estimate of drug-likeness (QED) is 0.612. The van der Waals surface area contributed by atoms with Gasteiger partial charge in [0, 0.05) is 24.8 Å². The minimum atomic E-state index is -0.429. The van der Waals surface area contributed by atoms with Gasteiger partial charge < -0.3 is 10.2 Å². The molecule has 7 nitrogen and oxygen atoms in total. The van der Waals surface area contributed by atoms with E-state index in [0.29, 0.717) is 40.3 Å². The zero-order valence-electron chi connectivity index (χ0n) is 18.4.